The molecule has 1 aliphatic carbocycles. The number of nitrogens with one attached hydrogen (secondary N) is 1. The van der Waals surface area contributed by atoms with E-state index >= 15 is 0 Å². The molecule has 0 aliphatic heterocycles. The van der Waals surface area contributed by atoms with Gasteiger partial charge in [-0.2, -0.15) is 0 Å². The van der Waals surface area contributed by atoms with Gasteiger partial charge in [-0.3, -0.25) is 0 Å². The van der Waals surface area contributed by atoms with Gasteiger partial charge in [0.05, 0.1) is 27.1 Å². The van der Waals surface area contributed by atoms with Crippen molar-refractivity contribution in [3.8, 4) is 16.8 Å². The molecule has 0 saturated carbocycles. The van der Waals surface area contributed by atoms with E-state index in [1.54, 1.807) is 6.08 Å². The SMILES string of the molecule is C=C/C=c1\c(=C)c2ccccc2n1-c1cccc(-c2cccc3c4c([nH]c23)=CCCC=4)c1Cl. The van der Waals surface area contributed by atoms with Crippen molar-refractivity contribution in [2.24, 2.45) is 0 Å². The van der Waals surface area contributed by atoms with Crippen LogP contribution in [0.2, 0.25) is 5.02 Å². The highest BCUT2D eigenvalue weighted by atomic mass is 35.5. The minimum atomic E-state index is 0.713. The standard InChI is InChI=1S/C30H23ClN2/c1-3-10-26-19(2)20-11-5-7-17-27(20)33(26)28-18-9-13-22(29(28)31)24-15-8-14-23-21-12-4-6-16-25(21)32-30(23)24/h3,5,7-18,32H,1-2,4,6H2/b26-10+. The van der Waals surface area contributed by atoms with E-state index in [2.05, 4.69) is 83.4 Å². The first-order valence-corrected chi connectivity index (χ1v) is 11.6. The number of hydrogen-bond donors (Lipinski definition) is 1. The van der Waals surface area contributed by atoms with Crippen molar-refractivity contribution in [2.75, 3.05) is 0 Å². The zero-order chi connectivity index (χ0) is 22.5. The molecule has 3 heteroatoms. The minimum Gasteiger partial charge on any atom is -0.354 e. The van der Waals surface area contributed by atoms with Gasteiger partial charge in [0.15, 0.2) is 0 Å². The number of para-hydroxylation sites is 2. The highest BCUT2D eigenvalue weighted by Crippen LogP contribution is 2.36. The molecule has 2 nitrogen and oxygen atoms in total. The van der Waals surface area contributed by atoms with Crippen LogP contribution in [0.5, 0.6) is 0 Å². The number of hydrogen-bond acceptors (Lipinski definition) is 0. The zero-order valence-corrected chi connectivity index (χ0v) is 19.0. The molecule has 2 heterocycles. The van der Waals surface area contributed by atoms with Crippen LogP contribution in [0.25, 0.3) is 63.4 Å². The second-order valence-electron chi connectivity index (χ2n) is 8.42. The summed E-state index contributed by atoms with van der Waals surface area (Å²) in [7, 11) is 0. The Balaban J connectivity index is 1.68. The van der Waals surface area contributed by atoms with E-state index in [1.165, 1.54) is 16.0 Å². The number of aromatic nitrogens is 2. The Morgan fingerprint density at radius 3 is 2.52 bits per heavy atom. The van der Waals surface area contributed by atoms with E-state index in [-0.39, 0.29) is 0 Å². The molecule has 1 N–H and O–H groups in total. The molecule has 0 atom stereocenters. The van der Waals surface area contributed by atoms with Gasteiger partial charge in [-0.15, -0.1) is 0 Å². The highest BCUT2D eigenvalue weighted by Gasteiger charge is 2.16. The molecular weight excluding hydrogens is 424 g/mol. The number of rotatable bonds is 3. The van der Waals surface area contributed by atoms with Crippen LogP contribution in [0.4, 0.5) is 0 Å². The fourth-order valence-electron chi connectivity index (χ4n) is 5.09. The van der Waals surface area contributed by atoms with Gasteiger partial charge in [-0.1, -0.05) is 91.5 Å². The Morgan fingerprint density at radius 1 is 0.879 bits per heavy atom. The number of benzene rings is 3. The second-order valence-corrected chi connectivity index (χ2v) is 8.80. The summed E-state index contributed by atoms with van der Waals surface area (Å²) in [4.78, 5) is 3.65. The predicted molar refractivity (Wildman–Crippen MR) is 142 cm³/mol. The summed E-state index contributed by atoms with van der Waals surface area (Å²) in [5.41, 5.74) is 5.25. The number of allylic oxidation sites excluding steroid dienone is 1. The predicted octanol–water partition coefficient (Wildman–Crippen LogP) is 5.16. The summed E-state index contributed by atoms with van der Waals surface area (Å²) in [6.07, 6.45) is 10.6. The van der Waals surface area contributed by atoms with Crippen LogP contribution in [0, 0.1) is 0 Å². The average Bonchev–Trinajstić information content (AvgIpc) is 3.36. The molecule has 6 rings (SSSR count). The summed E-state index contributed by atoms with van der Waals surface area (Å²) in [5, 5.41) is 7.53. The monoisotopic (exact) mass is 446 g/mol. The topological polar surface area (TPSA) is 20.7 Å². The Labute approximate surface area is 196 Å². The summed E-state index contributed by atoms with van der Waals surface area (Å²) >= 11 is 7.18. The van der Waals surface area contributed by atoms with Crippen molar-refractivity contribution < 1.29 is 0 Å². The normalized spacial score (nSPS) is 13.7. The third-order valence-electron chi connectivity index (χ3n) is 6.57. The van der Waals surface area contributed by atoms with E-state index in [9.17, 15) is 0 Å². The minimum absolute atomic E-state index is 0.713. The molecular formula is C30H23ClN2. The van der Waals surface area contributed by atoms with Crippen molar-refractivity contribution in [2.45, 2.75) is 12.8 Å². The summed E-state index contributed by atoms with van der Waals surface area (Å²) in [6, 6.07) is 21.0. The lowest BCUT2D eigenvalue weighted by Gasteiger charge is -2.13. The van der Waals surface area contributed by atoms with Crippen LogP contribution >= 0.6 is 11.6 Å². The number of halogens is 1. The van der Waals surface area contributed by atoms with Crippen molar-refractivity contribution in [1.82, 2.24) is 9.55 Å². The molecule has 33 heavy (non-hydrogen) atoms. The van der Waals surface area contributed by atoms with Crippen LogP contribution in [0.1, 0.15) is 12.8 Å². The average molecular weight is 447 g/mol. The van der Waals surface area contributed by atoms with Crippen LogP contribution in [-0.4, -0.2) is 9.55 Å². The Kier molecular flexibility index (Phi) is 4.63. The molecule has 0 radical (unpaired) electrons. The lowest BCUT2D eigenvalue weighted by molar-refractivity contribution is 1.07. The molecule has 160 valence electrons. The first-order valence-electron chi connectivity index (χ1n) is 11.2. The van der Waals surface area contributed by atoms with Crippen LogP contribution in [0.15, 0.2) is 73.3 Å². The largest absolute Gasteiger partial charge is 0.354 e. The molecule has 2 aromatic heterocycles. The molecule has 0 spiro atoms. The summed E-state index contributed by atoms with van der Waals surface area (Å²) in [5.74, 6) is 0. The van der Waals surface area contributed by atoms with E-state index in [0.29, 0.717) is 5.02 Å². The maximum atomic E-state index is 7.18. The van der Waals surface area contributed by atoms with Gasteiger partial charge in [0.25, 0.3) is 0 Å². The molecule has 0 saturated heterocycles. The van der Waals surface area contributed by atoms with Crippen LogP contribution in [0.3, 0.4) is 0 Å². The summed E-state index contributed by atoms with van der Waals surface area (Å²) < 4.78 is 2.19. The summed E-state index contributed by atoms with van der Waals surface area (Å²) in [6.45, 7) is 8.26. The maximum absolute atomic E-state index is 7.18. The third kappa shape index (κ3) is 2.95. The lowest BCUT2D eigenvalue weighted by atomic mass is 10.0. The van der Waals surface area contributed by atoms with Crippen molar-refractivity contribution in [3.05, 3.63) is 99.5 Å². The fraction of sp³-hybridized carbons (Fsp3) is 0.0667. The van der Waals surface area contributed by atoms with Crippen LogP contribution < -0.4 is 21.1 Å². The fourth-order valence-corrected chi connectivity index (χ4v) is 5.40. The highest BCUT2D eigenvalue weighted by molar-refractivity contribution is 6.35. The smallest absolute Gasteiger partial charge is 0.0725 e. The number of fused-ring (bicyclic) bond motifs is 4. The number of aromatic amines is 1. The zero-order valence-electron chi connectivity index (χ0n) is 18.2. The van der Waals surface area contributed by atoms with Crippen molar-refractivity contribution >= 4 is 58.2 Å². The molecule has 3 aromatic carbocycles. The number of H-pyrrole nitrogens is 1. The van der Waals surface area contributed by atoms with Crippen LogP contribution in [-0.2, 0) is 0 Å². The van der Waals surface area contributed by atoms with Crippen molar-refractivity contribution in [3.63, 3.8) is 0 Å². The van der Waals surface area contributed by atoms with Gasteiger partial charge in [-0.05, 0) is 31.1 Å². The molecule has 1 aliphatic rings. The molecule has 5 aromatic rings. The Hall–Kier alpha value is -3.75. The molecule has 0 amide bonds. The van der Waals surface area contributed by atoms with Gasteiger partial charge in [-0.25, -0.2) is 0 Å². The first-order chi connectivity index (χ1) is 16.2. The van der Waals surface area contributed by atoms with Gasteiger partial charge < -0.3 is 9.55 Å². The molecule has 0 bridgehead atoms. The van der Waals surface area contributed by atoms with Gasteiger partial charge in [0.1, 0.15) is 0 Å². The van der Waals surface area contributed by atoms with Gasteiger partial charge >= 0.3 is 0 Å². The van der Waals surface area contributed by atoms with E-state index in [0.717, 1.165) is 56.6 Å². The lowest BCUT2D eigenvalue weighted by Crippen LogP contribution is -2.27. The van der Waals surface area contributed by atoms with E-state index in [1.807, 2.05) is 18.2 Å². The quantitative estimate of drug-likeness (QED) is 0.395. The maximum Gasteiger partial charge on any atom is 0.0725 e. The Bertz CT molecular complexity index is 1820. The third-order valence-corrected chi connectivity index (χ3v) is 6.97. The molecule has 0 fully saturated rings. The van der Waals surface area contributed by atoms with Crippen molar-refractivity contribution in [1.29, 1.82) is 0 Å². The van der Waals surface area contributed by atoms with E-state index in [4.69, 9.17) is 11.6 Å². The second kappa shape index (κ2) is 7.68. The Morgan fingerprint density at radius 2 is 1.64 bits per heavy atom. The van der Waals surface area contributed by atoms with Gasteiger partial charge in [0.2, 0.25) is 0 Å². The number of nitrogens with zero attached hydrogens (tertiary/aromatic N) is 1. The van der Waals surface area contributed by atoms with E-state index < -0.39 is 0 Å². The first kappa shape index (κ1) is 19.9. The van der Waals surface area contributed by atoms with Gasteiger partial charge in [0, 0.05) is 37.7 Å². The molecule has 0 unspecified atom stereocenters.